The van der Waals surface area contributed by atoms with Crippen molar-refractivity contribution >= 4 is 40.8 Å². The molecule has 0 radical (unpaired) electrons. The van der Waals surface area contributed by atoms with Gasteiger partial charge in [-0.1, -0.05) is 42.5 Å². The Morgan fingerprint density at radius 1 is 1.23 bits per heavy atom. The Balaban J connectivity index is 2.61. The molecule has 2 rings (SSSR count). The van der Waals surface area contributed by atoms with E-state index < -0.39 is 29.8 Å². The summed E-state index contributed by atoms with van der Waals surface area (Å²) in [6.07, 6.45) is 7.57. The summed E-state index contributed by atoms with van der Waals surface area (Å²) in [4.78, 5) is 25.4. The van der Waals surface area contributed by atoms with Gasteiger partial charge in [0.2, 0.25) is 0 Å². The largest absolute Gasteiger partial charge is 0.479 e. The molecule has 0 aromatic heterocycles. The molecular formula is C17H15Cl2F2NO4. The first-order valence-electron chi connectivity index (χ1n) is 7.71. The van der Waals surface area contributed by atoms with Crippen molar-refractivity contribution in [3.63, 3.8) is 0 Å². The molecule has 0 aliphatic heterocycles. The van der Waals surface area contributed by atoms with Gasteiger partial charge in [-0.15, -0.1) is 6.42 Å². The van der Waals surface area contributed by atoms with Crippen LogP contribution in [0.4, 0.5) is 14.5 Å². The molecule has 1 aliphatic rings. The van der Waals surface area contributed by atoms with Crippen LogP contribution in [-0.2, 0) is 9.59 Å². The van der Waals surface area contributed by atoms with Crippen molar-refractivity contribution in [3.05, 3.63) is 22.2 Å². The van der Waals surface area contributed by atoms with E-state index in [9.17, 15) is 23.5 Å². The highest BCUT2D eigenvalue weighted by Gasteiger charge is 2.48. The molecular weight excluding hydrogens is 391 g/mol. The van der Waals surface area contributed by atoms with Crippen molar-refractivity contribution in [3.8, 4) is 18.1 Å². The molecule has 5 nitrogen and oxygen atoms in total. The first-order valence-corrected chi connectivity index (χ1v) is 8.46. The molecule has 1 aliphatic carbocycles. The molecule has 0 saturated heterocycles. The normalized spacial score (nSPS) is 16.0. The summed E-state index contributed by atoms with van der Waals surface area (Å²) < 4.78 is 29.1. The maximum absolute atomic E-state index is 12.4. The predicted octanol–water partition coefficient (Wildman–Crippen LogP) is 4.35. The Bertz CT molecular complexity index is 758. The van der Waals surface area contributed by atoms with Gasteiger partial charge in [0, 0.05) is 6.07 Å². The lowest BCUT2D eigenvalue weighted by atomic mass is 9.79. The molecule has 0 unspecified atom stereocenters. The first-order chi connectivity index (χ1) is 12.2. The van der Waals surface area contributed by atoms with Crippen molar-refractivity contribution in [2.45, 2.75) is 44.3 Å². The Morgan fingerprint density at radius 2 is 1.85 bits per heavy atom. The van der Waals surface area contributed by atoms with Crippen LogP contribution < -0.4 is 9.64 Å². The third kappa shape index (κ3) is 3.87. The number of carbonyl (C=O) groups excluding carboxylic acids is 1. The Hall–Kier alpha value is -2.04. The molecule has 140 valence electrons. The molecule has 0 atom stereocenters. The SMILES string of the molecule is C#CC(=O)N(c1cc(Cl)c(OC(F)F)cc1Cl)C1(C(=O)O)CCCCC1. The summed E-state index contributed by atoms with van der Waals surface area (Å²) in [5.74, 6) is -0.616. The number of carboxylic acids is 1. The van der Waals surface area contributed by atoms with E-state index >= 15 is 0 Å². The molecule has 1 fully saturated rings. The first kappa shape index (κ1) is 20.3. The number of anilines is 1. The number of nitrogens with zero attached hydrogens (tertiary/aromatic N) is 1. The molecule has 0 spiro atoms. The number of alkyl halides is 2. The van der Waals surface area contributed by atoms with Crippen LogP contribution in [0.1, 0.15) is 32.1 Å². The van der Waals surface area contributed by atoms with E-state index in [1.807, 2.05) is 5.92 Å². The van der Waals surface area contributed by atoms with Crippen LogP contribution in [0.2, 0.25) is 10.0 Å². The summed E-state index contributed by atoms with van der Waals surface area (Å²) in [6.45, 7) is -3.12. The number of benzene rings is 1. The molecule has 1 amide bonds. The van der Waals surface area contributed by atoms with Gasteiger partial charge in [-0.05, 0) is 24.8 Å². The van der Waals surface area contributed by atoms with Crippen LogP contribution in [0.25, 0.3) is 0 Å². The number of terminal acetylenes is 1. The Kier molecular flexibility index (Phi) is 6.32. The summed E-state index contributed by atoms with van der Waals surface area (Å²) in [7, 11) is 0. The van der Waals surface area contributed by atoms with Gasteiger partial charge >= 0.3 is 18.5 Å². The number of amides is 1. The monoisotopic (exact) mass is 405 g/mol. The molecule has 9 heteroatoms. The minimum Gasteiger partial charge on any atom is -0.479 e. The van der Waals surface area contributed by atoms with Gasteiger partial charge < -0.3 is 9.84 Å². The Labute approximate surface area is 158 Å². The molecule has 0 heterocycles. The van der Waals surface area contributed by atoms with Crippen molar-refractivity contribution < 1.29 is 28.2 Å². The van der Waals surface area contributed by atoms with Crippen LogP contribution in [0.3, 0.4) is 0 Å². The van der Waals surface area contributed by atoms with Crippen LogP contribution in [0, 0.1) is 12.3 Å². The number of carbonyl (C=O) groups is 2. The standard InChI is InChI=1S/C17H15Cl2F2NO4/c1-2-14(23)22(17(15(24)25)6-4-3-5-7-17)12-8-11(19)13(9-10(12)18)26-16(20)21/h1,8-9,16H,3-7H2,(H,24,25). The second-order valence-electron chi connectivity index (χ2n) is 5.79. The quantitative estimate of drug-likeness (QED) is 0.739. The number of halogens is 4. The van der Waals surface area contributed by atoms with Crippen molar-refractivity contribution in [2.24, 2.45) is 0 Å². The number of aliphatic carboxylic acids is 1. The number of hydrogen-bond donors (Lipinski definition) is 1. The number of hydrogen-bond acceptors (Lipinski definition) is 3. The van der Waals surface area contributed by atoms with E-state index in [2.05, 4.69) is 4.74 Å². The summed E-state index contributed by atoms with van der Waals surface area (Å²) >= 11 is 12.1. The lowest BCUT2D eigenvalue weighted by Crippen LogP contribution is -2.58. The predicted molar refractivity (Wildman–Crippen MR) is 92.9 cm³/mol. The smallest absolute Gasteiger partial charge is 0.387 e. The van der Waals surface area contributed by atoms with Crippen molar-refractivity contribution in [1.29, 1.82) is 0 Å². The van der Waals surface area contributed by atoms with Gasteiger partial charge in [-0.25, -0.2) is 4.79 Å². The van der Waals surface area contributed by atoms with Crippen molar-refractivity contribution in [1.82, 2.24) is 0 Å². The lowest BCUT2D eigenvalue weighted by molar-refractivity contribution is -0.146. The maximum Gasteiger partial charge on any atom is 0.387 e. The number of rotatable bonds is 5. The van der Waals surface area contributed by atoms with Crippen LogP contribution in [0.15, 0.2) is 12.1 Å². The molecule has 26 heavy (non-hydrogen) atoms. The highest BCUT2D eigenvalue weighted by molar-refractivity contribution is 6.37. The fourth-order valence-corrected chi connectivity index (χ4v) is 3.59. The van der Waals surface area contributed by atoms with Gasteiger partial charge in [0.15, 0.2) is 0 Å². The van der Waals surface area contributed by atoms with Gasteiger partial charge in [0.05, 0.1) is 15.7 Å². The van der Waals surface area contributed by atoms with Crippen LogP contribution in [0.5, 0.6) is 5.75 Å². The number of carboxylic acid groups (broad SMARTS) is 1. The number of ether oxygens (including phenoxy) is 1. The van der Waals surface area contributed by atoms with Gasteiger partial charge in [-0.3, -0.25) is 9.69 Å². The van der Waals surface area contributed by atoms with E-state index in [0.29, 0.717) is 12.8 Å². The zero-order chi connectivity index (χ0) is 19.5. The fourth-order valence-electron chi connectivity index (χ4n) is 3.14. The van der Waals surface area contributed by atoms with Crippen LogP contribution in [-0.4, -0.2) is 29.1 Å². The van der Waals surface area contributed by atoms with Gasteiger partial charge in [-0.2, -0.15) is 8.78 Å². The summed E-state index contributed by atoms with van der Waals surface area (Å²) in [5, 5.41) is 9.40. The summed E-state index contributed by atoms with van der Waals surface area (Å²) in [6, 6.07) is 2.11. The zero-order valence-electron chi connectivity index (χ0n) is 13.5. The zero-order valence-corrected chi connectivity index (χ0v) is 15.0. The van der Waals surface area contributed by atoms with E-state index in [1.54, 1.807) is 0 Å². The molecule has 1 aromatic carbocycles. The molecule has 1 aromatic rings. The third-order valence-corrected chi connectivity index (χ3v) is 4.89. The fraction of sp³-hybridized carbons (Fsp3) is 0.412. The summed E-state index contributed by atoms with van der Waals surface area (Å²) in [5.41, 5.74) is -1.65. The van der Waals surface area contributed by atoms with E-state index in [1.165, 1.54) is 0 Å². The highest BCUT2D eigenvalue weighted by Crippen LogP contribution is 2.43. The maximum atomic E-state index is 12.4. The third-order valence-electron chi connectivity index (χ3n) is 4.29. The Morgan fingerprint density at radius 3 is 2.35 bits per heavy atom. The molecule has 0 bridgehead atoms. The minimum absolute atomic E-state index is 0.0643. The topological polar surface area (TPSA) is 66.8 Å². The van der Waals surface area contributed by atoms with Crippen molar-refractivity contribution in [2.75, 3.05) is 4.90 Å². The average molecular weight is 406 g/mol. The highest BCUT2D eigenvalue weighted by atomic mass is 35.5. The lowest BCUT2D eigenvalue weighted by Gasteiger charge is -2.42. The second kappa shape index (κ2) is 8.11. The second-order valence-corrected chi connectivity index (χ2v) is 6.61. The molecule has 1 N–H and O–H groups in total. The van der Waals surface area contributed by atoms with Crippen LogP contribution >= 0.6 is 23.2 Å². The molecule has 1 saturated carbocycles. The van der Waals surface area contributed by atoms with E-state index in [0.717, 1.165) is 23.5 Å². The van der Waals surface area contributed by atoms with Gasteiger partial charge in [0.1, 0.15) is 11.3 Å². The van der Waals surface area contributed by atoms with Gasteiger partial charge in [0.25, 0.3) is 0 Å². The average Bonchev–Trinajstić information content (AvgIpc) is 2.59. The minimum atomic E-state index is -3.12. The van der Waals surface area contributed by atoms with E-state index in [4.69, 9.17) is 29.6 Å². The van der Waals surface area contributed by atoms with E-state index in [-0.39, 0.29) is 28.6 Å².